The van der Waals surface area contributed by atoms with Crippen molar-refractivity contribution in [1.82, 2.24) is 19.5 Å². The van der Waals surface area contributed by atoms with E-state index >= 15 is 0 Å². The van der Waals surface area contributed by atoms with Crippen LogP contribution in [0.5, 0.6) is 0 Å². The van der Waals surface area contributed by atoms with Gasteiger partial charge in [-0.15, -0.1) is 0 Å². The Balaban J connectivity index is 1.41. The number of rotatable bonds is 6. The van der Waals surface area contributed by atoms with Gasteiger partial charge in [0.1, 0.15) is 28.5 Å². The fraction of sp³-hybridized carbons (Fsp3) is 0.320. The van der Waals surface area contributed by atoms with E-state index in [1.807, 2.05) is 0 Å². The third-order valence-corrected chi connectivity index (χ3v) is 11.1. The van der Waals surface area contributed by atoms with E-state index in [4.69, 9.17) is 19.4 Å². The summed E-state index contributed by atoms with van der Waals surface area (Å²) in [7, 11) is 2.19. The number of benzene rings is 5. The third-order valence-electron chi connectivity index (χ3n) is 11.1. The van der Waals surface area contributed by atoms with Crippen LogP contribution in [-0.2, 0) is 17.9 Å². The molecule has 0 saturated heterocycles. The molecule has 0 radical (unpaired) electrons. The number of hydrogen-bond donors (Lipinski definition) is 0. The summed E-state index contributed by atoms with van der Waals surface area (Å²) in [6.07, 6.45) is 0. The van der Waals surface area contributed by atoms with Crippen molar-refractivity contribution in [3.63, 3.8) is 0 Å². The Bertz CT molecular complexity index is 2730. The zero-order valence-electron chi connectivity index (χ0n) is 35.0. The first-order valence-electron chi connectivity index (χ1n) is 20.0. The minimum absolute atomic E-state index is 0.228. The van der Waals surface area contributed by atoms with Crippen molar-refractivity contribution in [3.8, 4) is 39.6 Å². The van der Waals surface area contributed by atoms with Gasteiger partial charge in [-0.3, -0.25) is 0 Å². The first kappa shape index (κ1) is 37.3. The number of imidazole rings is 1. The lowest BCUT2D eigenvalue weighted by Gasteiger charge is -2.22. The smallest absolute Gasteiger partial charge is 0.299 e. The van der Waals surface area contributed by atoms with Gasteiger partial charge in [0, 0.05) is 38.3 Å². The summed E-state index contributed by atoms with van der Waals surface area (Å²) in [6.45, 7) is 24.3. The van der Waals surface area contributed by atoms with Gasteiger partial charge in [0.15, 0.2) is 22.4 Å². The summed E-state index contributed by atoms with van der Waals surface area (Å²) >= 11 is 0. The Morgan fingerprint density at radius 2 is 1.21 bits per heavy atom. The summed E-state index contributed by atoms with van der Waals surface area (Å²) in [5.74, 6) is 3.89. The number of para-hydroxylation sites is 2. The fourth-order valence-corrected chi connectivity index (χ4v) is 7.97. The lowest BCUT2D eigenvalue weighted by atomic mass is 9.88. The first-order chi connectivity index (χ1) is 26.5. The van der Waals surface area contributed by atoms with Gasteiger partial charge in [-0.2, -0.15) is 4.57 Å². The molecule has 0 amide bonds. The van der Waals surface area contributed by atoms with Crippen LogP contribution in [-0.4, -0.2) is 19.5 Å². The van der Waals surface area contributed by atoms with E-state index in [9.17, 15) is 0 Å². The summed E-state index contributed by atoms with van der Waals surface area (Å²) in [5, 5.41) is 2.15. The van der Waals surface area contributed by atoms with E-state index in [1.165, 1.54) is 27.9 Å². The zero-order chi connectivity index (χ0) is 39.8. The Hall–Kier alpha value is -5.62. The molecule has 0 saturated carbocycles. The van der Waals surface area contributed by atoms with Gasteiger partial charge >= 0.3 is 0 Å². The van der Waals surface area contributed by atoms with Gasteiger partial charge in [0.05, 0.1) is 7.05 Å². The van der Waals surface area contributed by atoms with Crippen molar-refractivity contribution < 1.29 is 8.98 Å². The number of aromatic nitrogens is 5. The summed E-state index contributed by atoms with van der Waals surface area (Å²) < 4.78 is 11.9. The molecule has 3 aromatic heterocycles. The van der Waals surface area contributed by atoms with Crippen LogP contribution in [0.15, 0.2) is 101 Å². The zero-order valence-corrected chi connectivity index (χ0v) is 35.0. The van der Waals surface area contributed by atoms with Crippen LogP contribution >= 0.6 is 0 Å². The Morgan fingerprint density at radius 1 is 0.625 bits per heavy atom. The summed E-state index contributed by atoms with van der Waals surface area (Å²) in [5.41, 5.74) is 13.1. The first-order valence-corrected chi connectivity index (χ1v) is 20.0. The van der Waals surface area contributed by atoms with Crippen molar-refractivity contribution in [1.29, 1.82) is 0 Å². The molecular weight excluding hydrogens is 687 g/mol. The largest absolute Gasteiger partial charge is 0.455 e. The summed E-state index contributed by atoms with van der Waals surface area (Å²) in [6, 6.07) is 35.2. The molecular formula is C50H54N5O+. The predicted molar refractivity (Wildman–Crippen MR) is 232 cm³/mol. The molecule has 0 unspecified atom stereocenters. The van der Waals surface area contributed by atoms with Crippen molar-refractivity contribution in [3.05, 3.63) is 125 Å². The van der Waals surface area contributed by atoms with Gasteiger partial charge in [-0.05, 0) is 71.8 Å². The van der Waals surface area contributed by atoms with Crippen molar-refractivity contribution >= 4 is 33.0 Å². The highest BCUT2D eigenvalue weighted by molar-refractivity contribution is 6.10. The molecule has 6 nitrogen and oxygen atoms in total. The van der Waals surface area contributed by atoms with E-state index in [0.29, 0.717) is 5.82 Å². The van der Waals surface area contributed by atoms with Crippen LogP contribution in [0.3, 0.4) is 0 Å². The maximum atomic E-state index is 7.05. The van der Waals surface area contributed by atoms with Crippen LogP contribution in [0.2, 0.25) is 0 Å². The van der Waals surface area contributed by atoms with Crippen LogP contribution in [0.25, 0.3) is 72.6 Å². The molecule has 0 bridgehead atoms. The molecule has 0 spiro atoms. The molecule has 6 heteroatoms. The van der Waals surface area contributed by atoms with Gasteiger partial charge in [-0.1, -0.05) is 130 Å². The molecule has 8 aromatic rings. The topological polar surface area (TPSA) is 60.6 Å². The average molecular weight is 741 g/mol. The van der Waals surface area contributed by atoms with Gasteiger partial charge in [-0.25, -0.2) is 19.5 Å². The van der Waals surface area contributed by atoms with Crippen molar-refractivity contribution in [2.75, 3.05) is 0 Å². The Kier molecular flexibility index (Phi) is 9.02. The van der Waals surface area contributed by atoms with Crippen molar-refractivity contribution in [2.24, 2.45) is 7.05 Å². The molecule has 284 valence electrons. The summed E-state index contributed by atoms with van der Waals surface area (Å²) in [4.78, 5) is 14.9. The predicted octanol–water partition coefficient (Wildman–Crippen LogP) is 12.7. The molecule has 0 aliphatic carbocycles. The monoisotopic (exact) mass is 740 g/mol. The van der Waals surface area contributed by atoms with Gasteiger partial charge in [0.2, 0.25) is 0 Å². The van der Waals surface area contributed by atoms with Gasteiger partial charge < -0.3 is 4.42 Å². The van der Waals surface area contributed by atoms with E-state index in [1.54, 1.807) is 0 Å². The second-order valence-corrected chi connectivity index (χ2v) is 18.1. The normalized spacial score (nSPS) is 12.6. The number of aryl methyl sites for hydroxylation is 2. The molecule has 0 aliphatic heterocycles. The van der Waals surface area contributed by atoms with Crippen LogP contribution in [0, 0.1) is 6.92 Å². The van der Waals surface area contributed by atoms with E-state index in [2.05, 4.69) is 189 Å². The number of hydrogen-bond acceptors (Lipinski definition) is 4. The standard InChI is InChI=1S/C50H54N5O/c1-29(2)37-26-34(32-18-14-13-15-19-32)27-38(30(3)4)43(37)55-40-21-17-16-20-39(40)54(12)46(55)42-31(5)22-24-36-35-25-23-33(28-41(35)56-44(36)42)45-51-47(49(6,7)8)53-48(52-45)50(9,10)11/h13-30H,1-12H3/q+1. The lowest BCUT2D eigenvalue weighted by molar-refractivity contribution is -0.633. The molecule has 3 heterocycles. The molecule has 0 atom stereocenters. The highest BCUT2D eigenvalue weighted by Gasteiger charge is 2.34. The van der Waals surface area contributed by atoms with E-state index in [0.717, 1.165) is 67.1 Å². The molecule has 0 fully saturated rings. The minimum Gasteiger partial charge on any atom is -0.455 e. The average Bonchev–Trinajstić information content (AvgIpc) is 3.67. The fourth-order valence-electron chi connectivity index (χ4n) is 7.97. The van der Waals surface area contributed by atoms with Gasteiger partial charge in [0.25, 0.3) is 5.82 Å². The molecule has 8 rings (SSSR count). The van der Waals surface area contributed by atoms with Crippen LogP contribution in [0.1, 0.15) is 109 Å². The maximum absolute atomic E-state index is 7.05. The lowest BCUT2D eigenvalue weighted by Crippen LogP contribution is -2.30. The Morgan fingerprint density at radius 3 is 1.82 bits per heavy atom. The third kappa shape index (κ3) is 6.29. The highest BCUT2D eigenvalue weighted by atomic mass is 16.3. The van der Waals surface area contributed by atoms with E-state index in [-0.39, 0.29) is 22.7 Å². The minimum atomic E-state index is -0.228. The second-order valence-electron chi connectivity index (χ2n) is 18.1. The second kappa shape index (κ2) is 13.5. The molecule has 5 aromatic carbocycles. The Labute approximate surface area is 331 Å². The molecule has 0 aliphatic rings. The number of fused-ring (bicyclic) bond motifs is 4. The quantitative estimate of drug-likeness (QED) is 0.159. The molecule has 0 N–H and O–H groups in total. The van der Waals surface area contributed by atoms with E-state index < -0.39 is 0 Å². The number of nitrogens with zero attached hydrogens (tertiary/aromatic N) is 5. The molecule has 56 heavy (non-hydrogen) atoms. The SMILES string of the molecule is Cc1ccc2c(oc3cc(-c4nc(C(C)(C)C)nc(C(C)(C)C)n4)ccc32)c1-c1n(-c2c(C(C)C)cc(-c3ccccc3)cc2C(C)C)c2ccccc2[n+]1C. The maximum Gasteiger partial charge on any atom is 0.299 e. The van der Waals surface area contributed by atoms with Crippen LogP contribution in [0.4, 0.5) is 0 Å². The van der Waals surface area contributed by atoms with Crippen molar-refractivity contribution in [2.45, 2.75) is 98.8 Å². The number of furan rings is 1. The highest BCUT2D eigenvalue weighted by Crippen LogP contribution is 2.43. The van der Waals surface area contributed by atoms with Crippen LogP contribution < -0.4 is 4.57 Å².